The van der Waals surface area contributed by atoms with Crippen LogP contribution in [0, 0.1) is 11.8 Å². The summed E-state index contributed by atoms with van der Waals surface area (Å²) < 4.78 is 5.19. The fraction of sp³-hybridized carbons (Fsp3) is 0.692. The van der Waals surface area contributed by atoms with Gasteiger partial charge in [-0.15, -0.1) is 0 Å². The molecule has 4 unspecified atom stereocenters. The average Bonchev–Trinajstić information content (AvgIpc) is 2.95. The fourth-order valence-corrected chi connectivity index (χ4v) is 3.42. The molecular weight excluding hydrogens is 200 g/mol. The van der Waals surface area contributed by atoms with Crippen molar-refractivity contribution in [2.75, 3.05) is 19.6 Å². The summed E-state index contributed by atoms with van der Waals surface area (Å²) in [6, 6.07) is 3.26. The molecule has 1 aromatic rings. The van der Waals surface area contributed by atoms with Crippen LogP contribution in [0.15, 0.2) is 23.0 Å². The Labute approximate surface area is 96.8 Å². The van der Waals surface area contributed by atoms with Crippen LogP contribution in [0.1, 0.15) is 25.5 Å². The highest BCUT2D eigenvalue weighted by atomic mass is 16.3. The maximum atomic E-state index is 5.19. The maximum absolute atomic E-state index is 5.19. The van der Waals surface area contributed by atoms with Gasteiger partial charge in [0, 0.05) is 24.2 Å². The summed E-state index contributed by atoms with van der Waals surface area (Å²) in [5, 5.41) is 3.50. The summed E-state index contributed by atoms with van der Waals surface area (Å²) in [5.74, 6) is 1.69. The molecule has 1 aromatic heterocycles. The Morgan fingerprint density at radius 2 is 2.38 bits per heavy atom. The van der Waals surface area contributed by atoms with Gasteiger partial charge in [0.25, 0.3) is 0 Å². The first-order valence-electron chi connectivity index (χ1n) is 6.26. The van der Waals surface area contributed by atoms with Gasteiger partial charge in [-0.25, -0.2) is 0 Å². The molecule has 3 heteroatoms. The van der Waals surface area contributed by atoms with Gasteiger partial charge in [-0.2, -0.15) is 0 Å². The Bertz CT molecular complexity index is 349. The summed E-state index contributed by atoms with van der Waals surface area (Å²) in [7, 11) is 0. The molecule has 0 aliphatic carbocycles. The predicted molar refractivity (Wildman–Crippen MR) is 63.1 cm³/mol. The molecule has 1 N–H and O–H groups in total. The van der Waals surface area contributed by atoms with Crippen molar-refractivity contribution in [2.45, 2.75) is 25.9 Å². The molecule has 0 saturated carbocycles. The number of rotatable bonds is 2. The van der Waals surface area contributed by atoms with E-state index in [1.807, 2.05) is 6.26 Å². The smallest absolute Gasteiger partial charge is 0.0950 e. The van der Waals surface area contributed by atoms with Crippen LogP contribution in [0.4, 0.5) is 0 Å². The van der Waals surface area contributed by atoms with Gasteiger partial charge in [-0.1, -0.05) is 0 Å². The second kappa shape index (κ2) is 3.90. The standard InChI is InChI=1S/C13H20N2O/c1-9(11-3-4-16-8-11)15-7-12-5-14-6-13(12)10(15)2/h3-4,8-10,12-14H,5-7H2,1-2H3. The number of nitrogens with zero attached hydrogens (tertiary/aromatic N) is 1. The summed E-state index contributed by atoms with van der Waals surface area (Å²) in [5.41, 5.74) is 1.31. The molecule has 0 spiro atoms. The zero-order chi connectivity index (χ0) is 11.1. The lowest BCUT2D eigenvalue weighted by Gasteiger charge is -2.29. The number of likely N-dealkylation sites (tertiary alicyclic amines) is 1. The first kappa shape index (κ1) is 10.4. The van der Waals surface area contributed by atoms with Gasteiger partial charge >= 0.3 is 0 Å². The molecule has 3 rings (SSSR count). The number of nitrogens with one attached hydrogen (secondary N) is 1. The minimum Gasteiger partial charge on any atom is -0.472 e. The van der Waals surface area contributed by atoms with E-state index in [0.29, 0.717) is 12.1 Å². The quantitative estimate of drug-likeness (QED) is 0.825. The predicted octanol–water partition coefficient (Wildman–Crippen LogP) is 1.88. The fourth-order valence-electron chi connectivity index (χ4n) is 3.42. The molecule has 0 bridgehead atoms. The molecule has 2 aliphatic rings. The molecule has 16 heavy (non-hydrogen) atoms. The normalized spacial score (nSPS) is 36.5. The van der Waals surface area contributed by atoms with Crippen LogP contribution >= 0.6 is 0 Å². The van der Waals surface area contributed by atoms with Crippen molar-refractivity contribution in [1.82, 2.24) is 10.2 Å². The average molecular weight is 220 g/mol. The lowest BCUT2D eigenvalue weighted by molar-refractivity contribution is 0.182. The molecular formula is C13H20N2O. The minimum absolute atomic E-state index is 0.486. The van der Waals surface area contributed by atoms with Gasteiger partial charge in [-0.3, -0.25) is 4.90 Å². The number of fused-ring (bicyclic) bond motifs is 1. The van der Waals surface area contributed by atoms with Gasteiger partial charge in [0.05, 0.1) is 12.5 Å². The summed E-state index contributed by atoms with van der Waals surface area (Å²) in [6.07, 6.45) is 3.65. The monoisotopic (exact) mass is 220 g/mol. The molecule has 0 aromatic carbocycles. The van der Waals surface area contributed by atoms with E-state index in [1.54, 1.807) is 6.26 Å². The second-order valence-corrected chi connectivity index (χ2v) is 5.25. The van der Waals surface area contributed by atoms with E-state index in [-0.39, 0.29) is 0 Å². The molecule has 3 nitrogen and oxygen atoms in total. The van der Waals surface area contributed by atoms with Gasteiger partial charge in [-0.05, 0) is 44.8 Å². The van der Waals surface area contributed by atoms with E-state index in [0.717, 1.165) is 11.8 Å². The van der Waals surface area contributed by atoms with Crippen LogP contribution in [-0.4, -0.2) is 30.6 Å². The lowest BCUT2D eigenvalue weighted by atomic mass is 9.95. The molecule has 2 aliphatic heterocycles. The molecule has 3 heterocycles. The maximum Gasteiger partial charge on any atom is 0.0950 e. The summed E-state index contributed by atoms with van der Waals surface area (Å²) in [4.78, 5) is 2.63. The van der Waals surface area contributed by atoms with Crippen molar-refractivity contribution in [2.24, 2.45) is 11.8 Å². The summed E-state index contributed by atoms with van der Waals surface area (Å²) >= 11 is 0. The van der Waals surface area contributed by atoms with Crippen LogP contribution in [0.2, 0.25) is 0 Å². The lowest BCUT2D eigenvalue weighted by Crippen LogP contribution is -2.35. The van der Waals surface area contributed by atoms with Crippen molar-refractivity contribution in [3.63, 3.8) is 0 Å². The van der Waals surface area contributed by atoms with E-state index < -0.39 is 0 Å². The van der Waals surface area contributed by atoms with Crippen LogP contribution in [0.5, 0.6) is 0 Å². The van der Waals surface area contributed by atoms with Crippen molar-refractivity contribution in [3.8, 4) is 0 Å². The van der Waals surface area contributed by atoms with Crippen molar-refractivity contribution in [3.05, 3.63) is 24.2 Å². The van der Waals surface area contributed by atoms with Crippen LogP contribution in [0.3, 0.4) is 0 Å². The van der Waals surface area contributed by atoms with E-state index in [4.69, 9.17) is 4.42 Å². The van der Waals surface area contributed by atoms with Gasteiger partial charge in [0.1, 0.15) is 0 Å². The summed E-state index contributed by atoms with van der Waals surface area (Å²) in [6.45, 7) is 8.28. The molecule has 2 fully saturated rings. The third kappa shape index (κ3) is 1.50. The van der Waals surface area contributed by atoms with Crippen LogP contribution in [0.25, 0.3) is 0 Å². The SMILES string of the molecule is CC(c1ccoc1)N1CC2CNCC2C1C. The zero-order valence-electron chi connectivity index (χ0n) is 10.0. The number of furan rings is 1. The van der Waals surface area contributed by atoms with Gasteiger partial charge in [0.15, 0.2) is 0 Å². The molecule has 88 valence electrons. The third-order valence-corrected chi connectivity index (χ3v) is 4.50. The highest BCUT2D eigenvalue weighted by Crippen LogP contribution is 2.37. The van der Waals surface area contributed by atoms with Crippen LogP contribution < -0.4 is 5.32 Å². The van der Waals surface area contributed by atoms with E-state index in [9.17, 15) is 0 Å². The highest BCUT2D eigenvalue weighted by Gasteiger charge is 2.43. The van der Waals surface area contributed by atoms with Crippen molar-refractivity contribution >= 4 is 0 Å². The Balaban J connectivity index is 1.77. The first-order valence-corrected chi connectivity index (χ1v) is 6.26. The third-order valence-electron chi connectivity index (χ3n) is 4.50. The number of hydrogen-bond donors (Lipinski definition) is 1. The number of hydrogen-bond acceptors (Lipinski definition) is 3. The Kier molecular flexibility index (Phi) is 2.52. The molecule has 0 radical (unpaired) electrons. The van der Waals surface area contributed by atoms with Crippen molar-refractivity contribution < 1.29 is 4.42 Å². The van der Waals surface area contributed by atoms with E-state index in [2.05, 4.69) is 30.1 Å². The topological polar surface area (TPSA) is 28.4 Å². The second-order valence-electron chi connectivity index (χ2n) is 5.25. The van der Waals surface area contributed by atoms with Crippen molar-refractivity contribution in [1.29, 1.82) is 0 Å². The highest BCUT2D eigenvalue weighted by molar-refractivity contribution is 5.13. The van der Waals surface area contributed by atoms with Crippen LogP contribution in [-0.2, 0) is 0 Å². The molecule has 4 atom stereocenters. The molecule has 0 amide bonds. The Hall–Kier alpha value is -0.800. The Morgan fingerprint density at radius 1 is 1.50 bits per heavy atom. The molecule has 2 saturated heterocycles. The first-order chi connectivity index (χ1) is 7.77. The Morgan fingerprint density at radius 3 is 3.06 bits per heavy atom. The minimum atomic E-state index is 0.486. The van der Waals surface area contributed by atoms with Gasteiger partial charge < -0.3 is 9.73 Å². The largest absolute Gasteiger partial charge is 0.472 e. The van der Waals surface area contributed by atoms with E-state index in [1.165, 1.54) is 25.2 Å². The zero-order valence-corrected chi connectivity index (χ0v) is 10.0. The van der Waals surface area contributed by atoms with E-state index >= 15 is 0 Å². The van der Waals surface area contributed by atoms with Gasteiger partial charge in [0.2, 0.25) is 0 Å².